The van der Waals surface area contributed by atoms with E-state index in [1.807, 2.05) is 32.0 Å². The van der Waals surface area contributed by atoms with Gasteiger partial charge < -0.3 is 9.73 Å². The molecule has 4 rings (SSSR count). The van der Waals surface area contributed by atoms with E-state index in [0.717, 1.165) is 17.2 Å². The number of hydrogen-bond acceptors (Lipinski definition) is 5. The number of benzene rings is 3. The van der Waals surface area contributed by atoms with Crippen molar-refractivity contribution in [3.8, 4) is 11.5 Å². The van der Waals surface area contributed by atoms with Crippen LogP contribution in [0.15, 0.2) is 59.0 Å². The van der Waals surface area contributed by atoms with E-state index in [-0.39, 0.29) is 16.3 Å². The maximum atomic E-state index is 12.6. The van der Waals surface area contributed by atoms with E-state index in [1.165, 1.54) is 17.7 Å². The van der Waals surface area contributed by atoms with Crippen molar-refractivity contribution in [3.63, 3.8) is 0 Å². The summed E-state index contributed by atoms with van der Waals surface area (Å²) in [4.78, 5) is 27.5. The third kappa shape index (κ3) is 3.75. The summed E-state index contributed by atoms with van der Waals surface area (Å²) in [5.74, 6) is -0.0702. The molecule has 1 N–H and O–H groups in total. The summed E-state index contributed by atoms with van der Waals surface area (Å²) >= 11 is 6.04. The summed E-state index contributed by atoms with van der Waals surface area (Å²) in [6.07, 6.45) is 0. The van der Waals surface area contributed by atoms with Crippen molar-refractivity contribution in [2.45, 2.75) is 13.8 Å². The van der Waals surface area contributed by atoms with Crippen molar-refractivity contribution in [1.29, 1.82) is 0 Å². The second kappa shape index (κ2) is 7.61. The summed E-state index contributed by atoms with van der Waals surface area (Å²) in [7, 11) is 0. The van der Waals surface area contributed by atoms with Crippen molar-refractivity contribution >= 4 is 40.0 Å². The molecule has 0 radical (unpaired) electrons. The Hall–Kier alpha value is -3.71. The highest BCUT2D eigenvalue weighted by Gasteiger charge is 2.17. The molecule has 1 amide bonds. The number of nitro benzene ring substituents is 1. The number of oxazole rings is 1. The van der Waals surface area contributed by atoms with Crippen LogP contribution in [0, 0.1) is 24.0 Å². The van der Waals surface area contributed by atoms with E-state index in [4.69, 9.17) is 16.0 Å². The van der Waals surface area contributed by atoms with Gasteiger partial charge in [0.1, 0.15) is 5.52 Å². The van der Waals surface area contributed by atoms with Gasteiger partial charge in [0.25, 0.3) is 11.6 Å². The zero-order chi connectivity index (χ0) is 21.4. The van der Waals surface area contributed by atoms with Gasteiger partial charge in [-0.3, -0.25) is 14.9 Å². The van der Waals surface area contributed by atoms with Gasteiger partial charge >= 0.3 is 0 Å². The second-order valence-corrected chi connectivity index (χ2v) is 7.28. The van der Waals surface area contributed by atoms with Gasteiger partial charge in [0.15, 0.2) is 5.58 Å². The van der Waals surface area contributed by atoms with Gasteiger partial charge in [-0.15, -0.1) is 0 Å². The number of amides is 1. The van der Waals surface area contributed by atoms with Gasteiger partial charge in [-0.05, 0) is 61.4 Å². The minimum Gasteiger partial charge on any atom is -0.436 e. The molecule has 0 fully saturated rings. The molecule has 0 aliphatic carbocycles. The van der Waals surface area contributed by atoms with E-state index >= 15 is 0 Å². The quantitative estimate of drug-likeness (QED) is 0.325. The predicted molar refractivity (Wildman–Crippen MR) is 115 cm³/mol. The molecule has 1 heterocycles. The average Bonchev–Trinajstić information content (AvgIpc) is 3.13. The molecule has 3 aromatic carbocycles. The molecule has 0 unspecified atom stereocenters. The van der Waals surface area contributed by atoms with Gasteiger partial charge in [0, 0.05) is 23.4 Å². The van der Waals surface area contributed by atoms with Crippen LogP contribution in [0.25, 0.3) is 22.6 Å². The molecule has 0 spiro atoms. The number of nitrogens with zero attached hydrogens (tertiary/aromatic N) is 2. The van der Waals surface area contributed by atoms with Gasteiger partial charge in [-0.25, -0.2) is 4.98 Å². The molecular weight excluding hydrogens is 406 g/mol. The van der Waals surface area contributed by atoms with Crippen LogP contribution in [0.2, 0.25) is 5.02 Å². The van der Waals surface area contributed by atoms with E-state index in [9.17, 15) is 14.9 Å². The third-order valence-corrected chi connectivity index (χ3v) is 5.13. The maximum absolute atomic E-state index is 12.6. The Labute approximate surface area is 176 Å². The standard InChI is InChI=1S/C22H16ClN3O4/c1-12-3-4-14(9-13(12)2)22-25-19-10-15(5-8-20(19)30-22)24-21(27)17-11-16(26(28)29)6-7-18(17)23/h3-11H,1-2H3,(H,24,27). The van der Waals surface area contributed by atoms with Crippen LogP contribution in [0.1, 0.15) is 21.5 Å². The smallest absolute Gasteiger partial charge is 0.270 e. The van der Waals surface area contributed by atoms with Crippen LogP contribution >= 0.6 is 11.6 Å². The predicted octanol–water partition coefficient (Wildman–Crippen LogP) is 5.93. The molecule has 0 aliphatic rings. The van der Waals surface area contributed by atoms with E-state index in [0.29, 0.717) is 22.7 Å². The summed E-state index contributed by atoms with van der Waals surface area (Å²) in [6.45, 7) is 4.06. The SMILES string of the molecule is Cc1ccc(-c2nc3cc(NC(=O)c4cc([N+](=O)[O-])ccc4Cl)ccc3o2)cc1C. The lowest BCUT2D eigenvalue weighted by Gasteiger charge is -2.06. The first kappa shape index (κ1) is 19.6. The molecule has 7 nitrogen and oxygen atoms in total. The second-order valence-electron chi connectivity index (χ2n) is 6.88. The molecule has 150 valence electrons. The normalized spacial score (nSPS) is 10.9. The molecule has 4 aromatic rings. The lowest BCUT2D eigenvalue weighted by molar-refractivity contribution is -0.384. The number of rotatable bonds is 4. The van der Waals surface area contributed by atoms with Crippen molar-refractivity contribution in [2.24, 2.45) is 0 Å². The largest absolute Gasteiger partial charge is 0.436 e. The number of aromatic nitrogens is 1. The lowest BCUT2D eigenvalue weighted by Crippen LogP contribution is -2.12. The zero-order valence-corrected chi connectivity index (χ0v) is 16.9. The minimum atomic E-state index is -0.580. The molecule has 0 atom stereocenters. The Kier molecular flexibility index (Phi) is 4.97. The Morgan fingerprint density at radius 2 is 1.87 bits per heavy atom. The number of carbonyl (C=O) groups is 1. The minimum absolute atomic E-state index is 0.0157. The third-order valence-electron chi connectivity index (χ3n) is 4.80. The Morgan fingerprint density at radius 1 is 1.07 bits per heavy atom. The molecule has 0 aliphatic heterocycles. The molecule has 8 heteroatoms. The van der Waals surface area contributed by atoms with Crippen molar-refractivity contribution < 1.29 is 14.1 Å². The number of non-ortho nitro benzene ring substituents is 1. The van der Waals surface area contributed by atoms with Crippen LogP contribution in [-0.4, -0.2) is 15.8 Å². The Balaban J connectivity index is 1.63. The highest BCUT2D eigenvalue weighted by molar-refractivity contribution is 6.34. The maximum Gasteiger partial charge on any atom is 0.270 e. The molecular formula is C22H16ClN3O4. The van der Waals surface area contributed by atoms with Crippen LogP contribution in [0.3, 0.4) is 0 Å². The van der Waals surface area contributed by atoms with Crippen molar-refractivity contribution in [3.05, 3.63) is 86.4 Å². The van der Waals surface area contributed by atoms with Crippen LogP contribution < -0.4 is 5.32 Å². The molecule has 0 saturated heterocycles. The van der Waals surface area contributed by atoms with Gasteiger partial charge in [0.05, 0.1) is 15.5 Å². The monoisotopic (exact) mass is 421 g/mol. The molecule has 30 heavy (non-hydrogen) atoms. The topological polar surface area (TPSA) is 98.3 Å². The Bertz CT molecular complexity index is 1310. The zero-order valence-electron chi connectivity index (χ0n) is 16.1. The number of hydrogen-bond donors (Lipinski definition) is 1. The van der Waals surface area contributed by atoms with Crippen molar-refractivity contribution in [1.82, 2.24) is 4.98 Å². The number of nitrogens with one attached hydrogen (secondary N) is 1. The molecule has 1 aromatic heterocycles. The van der Waals surface area contributed by atoms with E-state index in [1.54, 1.807) is 18.2 Å². The van der Waals surface area contributed by atoms with Gasteiger partial charge in [0.2, 0.25) is 5.89 Å². The number of aryl methyl sites for hydroxylation is 2. The fourth-order valence-electron chi connectivity index (χ4n) is 3.00. The average molecular weight is 422 g/mol. The first-order chi connectivity index (χ1) is 14.3. The van der Waals surface area contributed by atoms with E-state index in [2.05, 4.69) is 10.3 Å². The Morgan fingerprint density at radius 3 is 2.60 bits per heavy atom. The fourth-order valence-corrected chi connectivity index (χ4v) is 3.21. The summed E-state index contributed by atoms with van der Waals surface area (Å²) < 4.78 is 5.83. The first-order valence-corrected chi connectivity index (χ1v) is 9.43. The van der Waals surface area contributed by atoms with Crippen LogP contribution in [-0.2, 0) is 0 Å². The summed E-state index contributed by atoms with van der Waals surface area (Å²) in [5, 5.41) is 13.8. The molecule has 0 saturated carbocycles. The summed E-state index contributed by atoms with van der Waals surface area (Å²) in [5.41, 5.74) is 4.60. The highest BCUT2D eigenvalue weighted by Crippen LogP contribution is 2.28. The number of nitro groups is 1. The number of fused-ring (bicyclic) bond motifs is 1. The van der Waals surface area contributed by atoms with Crippen molar-refractivity contribution in [2.75, 3.05) is 5.32 Å². The van der Waals surface area contributed by atoms with Crippen LogP contribution in [0.4, 0.5) is 11.4 Å². The fraction of sp³-hybridized carbons (Fsp3) is 0.0909. The number of carbonyl (C=O) groups excluding carboxylic acids is 1. The first-order valence-electron chi connectivity index (χ1n) is 9.05. The van der Waals surface area contributed by atoms with E-state index < -0.39 is 10.8 Å². The highest BCUT2D eigenvalue weighted by atomic mass is 35.5. The molecule has 0 bridgehead atoms. The number of anilines is 1. The van der Waals surface area contributed by atoms with Gasteiger partial charge in [-0.1, -0.05) is 17.7 Å². The van der Waals surface area contributed by atoms with Crippen LogP contribution in [0.5, 0.6) is 0 Å². The summed E-state index contributed by atoms with van der Waals surface area (Å²) in [6, 6.07) is 14.7. The lowest BCUT2D eigenvalue weighted by atomic mass is 10.1. The van der Waals surface area contributed by atoms with Gasteiger partial charge in [-0.2, -0.15) is 0 Å². The number of halogens is 1.